The number of hydrogen-bond donors (Lipinski definition) is 6. The molecule has 3 unspecified atom stereocenters. The highest BCUT2D eigenvalue weighted by Crippen LogP contribution is 1.98. The second kappa shape index (κ2) is 9.74. The minimum atomic E-state index is -1.44. The first-order valence-electron chi connectivity index (χ1n) is 7.06. The lowest BCUT2D eigenvalue weighted by Crippen LogP contribution is -2.53. The first-order chi connectivity index (χ1) is 10.6. The fourth-order valence-electron chi connectivity index (χ4n) is 1.43. The van der Waals surface area contributed by atoms with Gasteiger partial charge in [-0.15, -0.1) is 0 Å². The van der Waals surface area contributed by atoms with Gasteiger partial charge in [-0.3, -0.25) is 14.4 Å². The summed E-state index contributed by atoms with van der Waals surface area (Å²) in [6.45, 7) is 3.69. The zero-order valence-corrected chi connectivity index (χ0v) is 13.3. The average molecular weight is 332 g/mol. The van der Waals surface area contributed by atoms with Gasteiger partial charge in [0.05, 0.1) is 19.2 Å². The van der Waals surface area contributed by atoms with Crippen LogP contribution < -0.4 is 21.7 Å². The summed E-state index contributed by atoms with van der Waals surface area (Å²) in [5.41, 5.74) is 5.64. The Balaban J connectivity index is 4.30. The Kier molecular flexibility index (Phi) is 8.81. The molecule has 0 fully saturated rings. The number of rotatable bonds is 9. The Hall–Kier alpha value is -2.20. The zero-order chi connectivity index (χ0) is 18.2. The molecule has 0 rings (SSSR count). The number of aliphatic hydroxyl groups is 1. The van der Waals surface area contributed by atoms with Crippen LogP contribution in [0.5, 0.6) is 0 Å². The van der Waals surface area contributed by atoms with E-state index in [0.29, 0.717) is 0 Å². The van der Waals surface area contributed by atoms with E-state index in [1.54, 1.807) is 13.8 Å². The summed E-state index contributed by atoms with van der Waals surface area (Å²) < 4.78 is 0. The zero-order valence-electron chi connectivity index (χ0n) is 13.3. The molecule has 3 amide bonds. The maximum absolute atomic E-state index is 11.8. The molecular weight excluding hydrogens is 308 g/mol. The molecule has 0 aromatic carbocycles. The number of carboxylic acid groups (broad SMARTS) is 1. The number of carbonyl (C=O) groups is 4. The van der Waals surface area contributed by atoms with Gasteiger partial charge in [-0.2, -0.15) is 0 Å². The van der Waals surface area contributed by atoms with Crippen LogP contribution >= 0.6 is 0 Å². The van der Waals surface area contributed by atoms with Crippen molar-refractivity contribution < 1.29 is 29.4 Å². The topological polar surface area (TPSA) is 171 Å². The quantitative estimate of drug-likeness (QED) is 0.264. The Bertz CT molecular complexity index is 454. The summed E-state index contributed by atoms with van der Waals surface area (Å²) in [5.74, 6) is -3.38. The third-order valence-corrected chi connectivity index (χ3v) is 3.01. The maximum atomic E-state index is 11.8. The summed E-state index contributed by atoms with van der Waals surface area (Å²) in [6, 6.07) is -3.11. The summed E-state index contributed by atoms with van der Waals surface area (Å²) in [5, 5.41) is 24.1. The molecule has 0 aliphatic heterocycles. The number of aliphatic carboxylic acids is 1. The molecule has 0 aliphatic carbocycles. The minimum absolute atomic E-state index is 0.0949. The molecule has 0 heterocycles. The average Bonchev–Trinajstić information content (AvgIpc) is 2.48. The monoisotopic (exact) mass is 332 g/mol. The van der Waals surface area contributed by atoms with Gasteiger partial charge >= 0.3 is 5.97 Å². The first-order valence-corrected chi connectivity index (χ1v) is 7.06. The summed E-state index contributed by atoms with van der Waals surface area (Å²) >= 11 is 0. The molecule has 23 heavy (non-hydrogen) atoms. The van der Waals surface area contributed by atoms with Crippen LogP contribution in [-0.2, 0) is 19.2 Å². The van der Waals surface area contributed by atoms with Crippen molar-refractivity contribution in [1.29, 1.82) is 0 Å². The third kappa shape index (κ3) is 7.56. The van der Waals surface area contributed by atoms with E-state index >= 15 is 0 Å². The summed E-state index contributed by atoms with van der Waals surface area (Å²) in [4.78, 5) is 45.5. The Labute approximate surface area is 133 Å². The second-order valence-corrected chi connectivity index (χ2v) is 5.36. The van der Waals surface area contributed by atoms with E-state index in [9.17, 15) is 19.2 Å². The van der Waals surface area contributed by atoms with E-state index in [2.05, 4.69) is 10.6 Å². The van der Waals surface area contributed by atoms with Crippen molar-refractivity contribution in [3.8, 4) is 0 Å². The Morgan fingerprint density at radius 3 is 2.04 bits per heavy atom. The van der Waals surface area contributed by atoms with E-state index in [4.69, 9.17) is 15.9 Å². The van der Waals surface area contributed by atoms with Crippen molar-refractivity contribution in [1.82, 2.24) is 16.0 Å². The lowest BCUT2D eigenvalue weighted by Gasteiger charge is -2.19. The molecule has 3 atom stereocenters. The molecule has 0 saturated carbocycles. The van der Waals surface area contributed by atoms with Gasteiger partial charge in [0.15, 0.2) is 0 Å². The molecule has 0 radical (unpaired) electrons. The van der Waals surface area contributed by atoms with Crippen LogP contribution in [0.15, 0.2) is 0 Å². The molecule has 10 nitrogen and oxygen atoms in total. The molecule has 132 valence electrons. The van der Waals surface area contributed by atoms with Crippen LogP contribution in [0.2, 0.25) is 0 Å². The van der Waals surface area contributed by atoms with Gasteiger partial charge in [0.25, 0.3) is 0 Å². The number of nitrogens with two attached hydrogens (primary N) is 1. The molecule has 0 bridgehead atoms. The van der Waals surface area contributed by atoms with E-state index in [-0.39, 0.29) is 5.92 Å². The highest BCUT2D eigenvalue weighted by atomic mass is 16.4. The molecule has 0 aromatic heterocycles. The number of amides is 3. The van der Waals surface area contributed by atoms with Gasteiger partial charge in [0.1, 0.15) is 12.1 Å². The number of aliphatic hydroxyl groups excluding tert-OH is 1. The van der Waals surface area contributed by atoms with Crippen molar-refractivity contribution >= 4 is 23.7 Å². The lowest BCUT2D eigenvalue weighted by molar-refractivity contribution is -0.142. The SMILES string of the molecule is CC(NC(=O)C(N)C(C)C)C(=O)NCC(=O)NC(CO)C(=O)O. The van der Waals surface area contributed by atoms with E-state index in [1.165, 1.54) is 6.92 Å². The van der Waals surface area contributed by atoms with E-state index in [0.717, 1.165) is 0 Å². The number of hydrogen-bond acceptors (Lipinski definition) is 6. The highest BCUT2D eigenvalue weighted by Gasteiger charge is 2.23. The van der Waals surface area contributed by atoms with Gasteiger partial charge in [-0.25, -0.2) is 4.79 Å². The van der Waals surface area contributed by atoms with Crippen LogP contribution in [0.4, 0.5) is 0 Å². The van der Waals surface area contributed by atoms with Crippen molar-refractivity contribution in [3.05, 3.63) is 0 Å². The number of nitrogens with one attached hydrogen (secondary N) is 3. The molecule has 0 aromatic rings. The predicted octanol–water partition coefficient (Wildman–Crippen LogP) is -2.85. The minimum Gasteiger partial charge on any atom is -0.480 e. The Morgan fingerprint density at radius 2 is 1.61 bits per heavy atom. The van der Waals surface area contributed by atoms with Crippen LogP contribution in [0.1, 0.15) is 20.8 Å². The normalized spacial score (nSPS) is 14.5. The van der Waals surface area contributed by atoms with Crippen LogP contribution in [0.25, 0.3) is 0 Å². The van der Waals surface area contributed by atoms with Crippen molar-refractivity contribution in [2.24, 2.45) is 11.7 Å². The predicted molar refractivity (Wildman–Crippen MR) is 80.1 cm³/mol. The fraction of sp³-hybridized carbons (Fsp3) is 0.692. The molecule has 0 saturated heterocycles. The number of carboxylic acids is 1. The van der Waals surface area contributed by atoms with Crippen LogP contribution in [-0.4, -0.2) is 65.2 Å². The Morgan fingerprint density at radius 1 is 1.04 bits per heavy atom. The summed E-state index contributed by atoms with van der Waals surface area (Å²) in [7, 11) is 0. The van der Waals surface area contributed by atoms with Gasteiger partial charge in [0, 0.05) is 0 Å². The lowest BCUT2D eigenvalue weighted by atomic mass is 10.0. The van der Waals surface area contributed by atoms with Crippen molar-refractivity contribution in [2.75, 3.05) is 13.2 Å². The standard InChI is InChI=1S/C13H24N4O6/c1-6(2)10(14)12(21)16-7(3)11(20)15-4-9(19)17-8(5-18)13(22)23/h6-8,10,18H,4-5,14H2,1-3H3,(H,15,20)(H,16,21)(H,17,19)(H,22,23). The summed E-state index contributed by atoms with van der Waals surface area (Å²) in [6.07, 6.45) is 0. The number of carbonyl (C=O) groups excluding carboxylic acids is 3. The fourth-order valence-corrected chi connectivity index (χ4v) is 1.43. The molecule has 10 heteroatoms. The van der Waals surface area contributed by atoms with Gasteiger partial charge in [0.2, 0.25) is 17.7 Å². The molecule has 0 spiro atoms. The van der Waals surface area contributed by atoms with Crippen LogP contribution in [0, 0.1) is 5.92 Å². The van der Waals surface area contributed by atoms with E-state index in [1.807, 2.05) is 5.32 Å². The van der Waals surface area contributed by atoms with Crippen molar-refractivity contribution in [2.45, 2.75) is 38.9 Å². The van der Waals surface area contributed by atoms with Gasteiger partial charge in [-0.05, 0) is 12.8 Å². The largest absolute Gasteiger partial charge is 0.480 e. The molecule has 7 N–H and O–H groups in total. The molecular formula is C13H24N4O6. The first kappa shape index (κ1) is 20.8. The highest BCUT2D eigenvalue weighted by molar-refractivity contribution is 5.92. The smallest absolute Gasteiger partial charge is 0.328 e. The van der Waals surface area contributed by atoms with Gasteiger partial charge in [-0.1, -0.05) is 13.8 Å². The third-order valence-electron chi connectivity index (χ3n) is 3.01. The van der Waals surface area contributed by atoms with E-state index < -0.39 is 55.0 Å². The van der Waals surface area contributed by atoms with Gasteiger partial charge < -0.3 is 31.9 Å². The molecule has 0 aliphatic rings. The van der Waals surface area contributed by atoms with Crippen molar-refractivity contribution in [3.63, 3.8) is 0 Å². The van der Waals surface area contributed by atoms with Crippen LogP contribution in [0.3, 0.4) is 0 Å². The second-order valence-electron chi connectivity index (χ2n) is 5.36. The maximum Gasteiger partial charge on any atom is 0.328 e.